The lowest BCUT2D eigenvalue weighted by Crippen LogP contribution is -2.43. The summed E-state index contributed by atoms with van der Waals surface area (Å²) in [4.78, 5) is 14.3. The normalized spacial score (nSPS) is 17.4. The van der Waals surface area contributed by atoms with Gasteiger partial charge in [0.2, 0.25) is 0 Å². The minimum atomic E-state index is -0.0663. The maximum atomic E-state index is 12.6. The molecule has 0 spiro atoms. The zero-order chi connectivity index (χ0) is 14.4. The van der Waals surface area contributed by atoms with E-state index in [9.17, 15) is 4.79 Å². The van der Waals surface area contributed by atoms with Gasteiger partial charge in [-0.05, 0) is 47.7 Å². The van der Waals surface area contributed by atoms with E-state index in [2.05, 4.69) is 27.7 Å². The van der Waals surface area contributed by atoms with Gasteiger partial charge in [0.15, 0.2) is 0 Å². The Morgan fingerprint density at radius 2 is 2.05 bits per heavy atom. The Morgan fingerprint density at radius 3 is 2.71 bits per heavy atom. The van der Waals surface area contributed by atoms with Crippen LogP contribution in [0.4, 0.5) is 5.69 Å². The molecule has 112 valence electrons. The third-order valence-electron chi connectivity index (χ3n) is 3.28. The zero-order valence-electron chi connectivity index (χ0n) is 11.0. The van der Waals surface area contributed by atoms with Crippen LogP contribution in [0.3, 0.4) is 0 Å². The molecule has 2 heterocycles. The molecule has 0 unspecified atom stereocenters. The summed E-state index contributed by atoms with van der Waals surface area (Å²) in [6, 6.07) is 5.33. The first kappa shape index (κ1) is 16.9. The molecule has 1 aliphatic rings. The van der Waals surface area contributed by atoms with E-state index in [4.69, 9.17) is 23.2 Å². The van der Waals surface area contributed by atoms with Crippen molar-refractivity contribution in [1.29, 1.82) is 0 Å². The number of carbonyl (C=O) groups excluding carboxylic acids is 1. The monoisotopic (exact) mass is 455 g/mol. The van der Waals surface area contributed by atoms with Gasteiger partial charge in [-0.3, -0.25) is 9.48 Å². The number of benzene rings is 1. The van der Waals surface area contributed by atoms with Gasteiger partial charge in [0, 0.05) is 12.2 Å². The van der Waals surface area contributed by atoms with Gasteiger partial charge in [-0.15, -0.1) is 0 Å². The maximum Gasteiger partial charge on any atom is 0.277 e. The van der Waals surface area contributed by atoms with Crippen molar-refractivity contribution in [2.24, 2.45) is 0 Å². The molecule has 0 saturated carbocycles. The van der Waals surface area contributed by atoms with Crippen molar-refractivity contribution in [3.05, 3.63) is 43.7 Å². The molecule has 1 aromatic carbocycles. The van der Waals surface area contributed by atoms with Gasteiger partial charge in [0.05, 0.1) is 25.9 Å². The summed E-state index contributed by atoms with van der Waals surface area (Å²) >= 11 is 14.1. The molecule has 8 heteroatoms. The molecular weight excluding hydrogens is 444 g/mol. The van der Waals surface area contributed by atoms with E-state index in [1.165, 1.54) is 0 Å². The van der Waals surface area contributed by atoms with Gasteiger partial charge in [0.1, 0.15) is 5.69 Å². The van der Waals surface area contributed by atoms with Crippen molar-refractivity contribution in [3.8, 4) is 0 Å². The topological polar surface area (TPSA) is 38.1 Å². The van der Waals surface area contributed by atoms with Gasteiger partial charge in [-0.25, -0.2) is 0 Å². The minimum Gasteiger partial charge on any atom is -0.305 e. The fourth-order valence-corrected chi connectivity index (χ4v) is 3.20. The van der Waals surface area contributed by atoms with E-state index in [-0.39, 0.29) is 25.4 Å². The van der Waals surface area contributed by atoms with Crippen LogP contribution in [0, 0.1) is 3.57 Å². The molecule has 0 bridgehead atoms. The molecule has 0 fully saturated rings. The van der Waals surface area contributed by atoms with Crippen LogP contribution in [0.1, 0.15) is 23.5 Å². The number of carbonyl (C=O) groups is 1. The van der Waals surface area contributed by atoms with Crippen LogP contribution in [0.2, 0.25) is 10.0 Å². The first-order valence-electron chi connectivity index (χ1n) is 5.99. The quantitative estimate of drug-likeness (QED) is 0.606. The predicted octanol–water partition coefficient (Wildman–Crippen LogP) is 4.13. The van der Waals surface area contributed by atoms with Crippen LogP contribution in [0.25, 0.3) is 0 Å². The number of aromatic nitrogens is 2. The average Bonchev–Trinajstić information content (AvgIpc) is 2.80. The van der Waals surface area contributed by atoms with E-state index in [0.29, 0.717) is 22.3 Å². The highest BCUT2D eigenvalue weighted by molar-refractivity contribution is 14.1. The van der Waals surface area contributed by atoms with Crippen molar-refractivity contribution >= 4 is 70.9 Å². The van der Waals surface area contributed by atoms with E-state index in [1.54, 1.807) is 34.0 Å². The Kier molecular flexibility index (Phi) is 5.12. The number of nitrogens with zero attached hydrogens (tertiary/aromatic N) is 3. The summed E-state index contributed by atoms with van der Waals surface area (Å²) in [5.74, 6) is -0.0663. The second-order valence-electron chi connectivity index (χ2n) is 4.65. The highest BCUT2D eigenvalue weighted by Crippen LogP contribution is 2.32. The Hall–Kier alpha value is -0.440. The summed E-state index contributed by atoms with van der Waals surface area (Å²) in [6.45, 7) is 2.59. The third kappa shape index (κ3) is 2.91. The fourth-order valence-electron chi connectivity index (χ4n) is 2.30. The summed E-state index contributed by atoms with van der Waals surface area (Å²) in [5, 5.41) is 5.18. The molecule has 0 saturated heterocycles. The van der Waals surface area contributed by atoms with Crippen LogP contribution >= 0.6 is 59.3 Å². The lowest BCUT2D eigenvalue weighted by Gasteiger charge is -2.32. The van der Waals surface area contributed by atoms with Crippen molar-refractivity contribution in [2.75, 3.05) is 11.4 Å². The molecule has 1 aliphatic heterocycles. The predicted molar refractivity (Wildman–Crippen MR) is 98.2 cm³/mol. The SMILES string of the molecule is C[C@H]1CN(c2ccc(Cl)c(Cl)c2)C(=O)c2c(I)cnn21.S. The van der Waals surface area contributed by atoms with E-state index < -0.39 is 0 Å². The Labute approximate surface area is 153 Å². The van der Waals surface area contributed by atoms with Gasteiger partial charge >= 0.3 is 0 Å². The number of fused-ring (bicyclic) bond motifs is 1. The molecule has 0 N–H and O–H groups in total. The molecule has 1 amide bonds. The van der Waals surface area contributed by atoms with Crippen LogP contribution in [-0.2, 0) is 0 Å². The second kappa shape index (κ2) is 6.36. The summed E-state index contributed by atoms with van der Waals surface area (Å²) in [5.41, 5.74) is 1.37. The van der Waals surface area contributed by atoms with Crippen LogP contribution in [0.15, 0.2) is 24.4 Å². The molecule has 1 atom stereocenters. The zero-order valence-corrected chi connectivity index (χ0v) is 15.6. The first-order chi connectivity index (χ1) is 9.49. The molecule has 2 aromatic rings. The summed E-state index contributed by atoms with van der Waals surface area (Å²) in [7, 11) is 0. The number of amides is 1. The Morgan fingerprint density at radius 1 is 1.33 bits per heavy atom. The number of hydrogen-bond acceptors (Lipinski definition) is 2. The van der Waals surface area contributed by atoms with E-state index >= 15 is 0 Å². The Balaban J connectivity index is 0.00000161. The molecule has 1 aromatic heterocycles. The van der Waals surface area contributed by atoms with Crippen molar-refractivity contribution in [2.45, 2.75) is 13.0 Å². The third-order valence-corrected chi connectivity index (χ3v) is 4.81. The lowest BCUT2D eigenvalue weighted by atomic mass is 10.1. The minimum absolute atomic E-state index is 0. The molecule has 0 radical (unpaired) electrons. The highest BCUT2D eigenvalue weighted by atomic mass is 127. The Bertz CT molecular complexity index is 707. The van der Waals surface area contributed by atoms with Gasteiger partial charge in [-0.2, -0.15) is 18.6 Å². The molecule has 0 aliphatic carbocycles. The average molecular weight is 456 g/mol. The van der Waals surface area contributed by atoms with Crippen molar-refractivity contribution in [3.63, 3.8) is 0 Å². The number of hydrogen-bond donors (Lipinski definition) is 0. The standard InChI is InChI=1S/C13H10Cl2IN3O.H2S/c1-7-6-18(8-2-3-9(14)10(15)4-8)13(20)12-11(16)5-17-19(7)12;/h2-5,7H,6H2,1H3;1H2/t7-;/m0./s1. The molecular formula is C13H12Cl2IN3OS. The van der Waals surface area contributed by atoms with Gasteiger partial charge in [0.25, 0.3) is 5.91 Å². The summed E-state index contributed by atoms with van der Waals surface area (Å²) in [6.07, 6.45) is 1.71. The number of anilines is 1. The lowest BCUT2D eigenvalue weighted by molar-refractivity contribution is 0.0952. The first-order valence-corrected chi connectivity index (χ1v) is 7.82. The van der Waals surface area contributed by atoms with Crippen molar-refractivity contribution < 1.29 is 4.79 Å². The van der Waals surface area contributed by atoms with Gasteiger partial charge < -0.3 is 4.90 Å². The number of rotatable bonds is 1. The maximum absolute atomic E-state index is 12.6. The van der Waals surface area contributed by atoms with Crippen molar-refractivity contribution in [1.82, 2.24) is 9.78 Å². The van der Waals surface area contributed by atoms with E-state index in [1.807, 2.05) is 6.92 Å². The molecule has 3 rings (SSSR count). The second-order valence-corrected chi connectivity index (χ2v) is 6.63. The highest BCUT2D eigenvalue weighted by Gasteiger charge is 2.32. The molecule has 21 heavy (non-hydrogen) atoms. The number of halogens is 3. The largest absolute Gasteiger partial charge is 0.305 e. The van der Waals surface area contributed by atoms with Gasteiger partial charge in [-0.1, -0.05) is 23.2 Å². The smallest absolute Gasteiger partial charge is 0.277 e. The molecule has 4 nitrogen and oxygen atoms in total. The van der Waals surface area contributed by atoms with E-state index in [0.717, 1.165) is 9.26 Å². The van der Waals surface area contributed by atoms with Crippen LogP contribution in [0.5, 0.6) is 0 Å². The fraction of sp³-hybridized carbons (Fsp3) is 0.231. The van der Waals surface area contributed by atoms with Crippen LogP contribution < -0.4 is 4.90 Å². The summed E-state index contributed by atoms with van der Waals surface area (Å²) < 4.78 is 2.63. The van der Waals surface area contributed by atoms with Crippen LogP contribution in [-0.4, -0.2) is 22.2 Å².